The number of phosphoric acid groups is 2. The van der Waals surface area contributed by atoms with E-state index in [1.165, 1.54) is 26.2 Å². The van der Waals surface area contributed by atoms with Gasteiger partial charge in [0.2, 0.25) is 0 Å². The number of nitrogens with zero attached hydrogens (tertiary/aromatic N) is 2. The van der Waals surface area contributed by atoms with E-state index in [1.807, 2.05) is 0 Å². The fourth-order valence-electron chi connectivity index (χ4n) is 4.36. The maximum absolute atomic E-state index is 13.1. The molecule has 2 aromatic rings. The molecule has 0 spiro atoms. The van der Waals surface area contributed by atoms with Gasteiger partial charge in [0, 0.05) is 43.5 Å². The van der Waals surface area contributed by atoms with Gasteiger partial charge in [0.25, 0.3) is 11.1 Å². The fraction of sp³-hybridized carbons (Fsp3) is 0.619. The maximum atomic E-state index is 13.1. The van der Waals surface area contributed by atoms with Gasteiger partial charge in [-0.2, -0.15) is 4.31 Å². The van der Waals surface area contributed by atoms with Crippen molar-refractivity contribution in [1.82, 2.24) is 19.1 Å². The smallest absolute Gasteiger partial charge is 0.394 e. The van der Waals surface area contributed by atoms with Crippen LogP contribution >= 0.6 is 15.6 Å². The molecule has 21 heteroatoms. The summed E-state index contributed by atoms with van der Waals surface area (Å²) < 4.78 is 58.6. The highest BCUT2D eigenvalue weighted by Gasteiger charge is 2.46. The molecular formula is C21H30N4O15P2. The summed E-state index contributed by atoms with van der Waals surface area (Å²) >= 11 is 0. The van der Waals surface area contributed by atoms with Crippen molar-refractivity contribution in [2.75, 3.05) is 20.3 Å². The molecule has 2 aromatic heterocycles. The summed E-state index contributed by atoms with van der Waals surface area (Å²) in [6.45, 7) is 1.48. The number of aromatic amines is 2. The Balaban J connectivity index is 1.40. The van der Waals surface area contributed by atoms with Crippen LogP contribution < -0.4 is 22.5 Å². The van der Waals surface area contributed by atoms with E-state index in [4.69, 9.17) is 27.4 Å². The molecule has 42 heavy (non-hydrogen) atoms. The van der Waals surface area contributed by atoms with Gasteiger partial charge in [-0.15, -0.1) is 0 Å². The van der Waals surface area contributed by atoms with Crippen molar-refractivity contribution >= 4 is 15.6 Å². The molecule has 0 bridgehead atoms. The highest BCUT2D eigenvalue weighted by atomic mass is 31.3. The zero-order valence-corrected chi connectivity index (χ0v) is 24.3. The highest BCUT2D eigenvalue weighted by molar-refractivity contribution is 7.61. The van der Waals surface area contributed by atoms with Crippen molar-refractivity contribution < 1.29 is 51.6 Å². The molecule has 8 atom stereocenters. The number of H-pyrrole nitrogens is 2. The summed E-state index contributed by atoms with van der Waals surface area (Å²) in [5, 5.41) is 20.1. The summed E-state index contributed by atoms with van der Waals surface area (Å²) in [5.74, 6) is 0. The number of aliphatic hydroxyl groups excluding tert-OH is 2. The third-order valence-corrected chi connectivity index (χ3v) is 9.65. The van der Waals surface area contributed by atoms with Crippen molar-refractivity contribution in [3.8, 4) is 0 Å². The lowest BCUT2D eigenvalue weighted by molar-refractivity contribution is -0.0489. The Labute approximate surface area is 235 Å². The predicted molar refractivity (Wildman–Crippen MR) is 139 cm³/mol. The van der Waals surface area contributed by atoms with Crippen LogP contribution in [0.4, 0.5) is 0 Å². The summed E-state index contributed by atoms with van der Waals surface area (Å²) in [5.41, 5.74) is -2.41. The minimum atomic E-state index is -5.22. The molecule has 2 saturated heterocycles. The second-order valence-corrected chi connectivity index (χ2v) is 12.9. The molecule has 0 radical (unpaired) electrons. The van der Waals surface area contributed by atoms with E-state index in [9.17, 15) is 43.4 Å². The highest BCUT2D eigenvalue weighted by Crippen LogP contribution is 2.64. The monoisotopic (exact) mass is 640 g/mol. The number of hydrogen-bond acceptors (Lipinski definition) is 14. The fourth-order valence-corrected chi connectivity index (χ4v) is 6.96. The quantitative estimate of drug-likeness (QED) is 0.183. The molecule has 234 valence electrons. The van der Waals surface area contributed by atoms with Gasteiger partial charge in [-0.1, -0.05) is 0 Å². The first kappa shape index (κ1) is 32.4. The van der Waals surface area contributed by atoms with Crippen molar-refractivity contribution in [3.63, 3.8) is 0 Å². The number of nitrogens with one attached hydrogen (secondary N) is 2. The van der Waals surface area contributed by atoms with Crippen LogP contribution in [-0.2, 0) is 36.5 Å². The van der Waals surface area contributed by atoms with Gasteiger partial charge < -0.3 is 24.6 Å². The molecule has 0 aromatic carbocycles. The van der Waals surface area contributed by atoms with E-state index >= 15 is 0 Å². The van der Waals surface area contributed by atoms with Gasteiger partial charge in [0.15, 0.2) is 0 Å². The maximum Gasteiger partial charge on any atom is 0.483 e. The SMILES string of the molecule is COP(=O)(O[C@H]1C[C@H](n2cc(C)c(=O)[nH]c2=O)O[C@@H]1CO)OP(=O)(O)OC[C@H]1O[C@@H](n2cc(C)c(=O)[nH]c2=O)C[C@@H]1O. The van der Waals surface area contributed by atoms with Gasteiger partial charge in [-0.05, 0) is 13.8 Å². The van der Waals surface area contributed by atoms with Gasteiger partial charge in [-0.3, -0.25) is 42.3 Å². The molecule has 2 aliphatic heterocycles. The molecule has 2 fully saturated rings. The summed E-state index contributed by atoms with van der Waals surface area (Å²) in [7, 11) is -9.24. The van der Waals surface area contributed by atoms with Gasteiger partial charge in [-0.25, -0.2) is 18.7 Å². The first-order chi connectivity index (χ1) is 19.6. The lowest BCUT2D eigenvalue weighted by Gasteiger charge is -2.24. The third kappa shape index (κ3) is 7.15. The Hall–Kier alpha value is -2.54. The van der Waals surface area contributed by atoms with Gasteiger partial charge >= 0.3 is 27.0 Å². The van der Waals surface area contributed by atoms with Crippen LogP contribution in [0.3, 0.4) is 0 Å². The van der Waals surface area contributed by atoms with Crippen LogP contribution in [0, 0.1) is 13.8 Å². The molecule has 4 rings (SSSR count). The molecule has 19 nitrogen and oxygen atoms in total. The van der Waals surface area contributed by atoms with Crippen molar-refractivity contribution in [2.45, 2.75) is 63.6 Å². The number of hydrogen-bond donors (Lipinski definition) is 5. The lowest BCUT2D eigenvalue weighted by atomic mass is 10.2. The van der Waals surface area contributed by atoms with E-state index < -0.39 is 88.2 Å². The average molecular weight is 640 g/mol. The van der Waals surface area contributed by atoms with E-state index in [0.29, 0.717) is 0 Å². The molecule has 0 saturated carbocycles. The van der Waals surface area contributed by atoms with Crippen molar-refractivity contribution in [3.05, 3.63) is 65.2 Å². The van der Waals surface area contributed by atoms with Crippen molar-refractivity contribution in [2.24, 2.45) is 0 Å². The summed E-state index contributed by atoms with van der Waals surface area (Å²) in [6, 6.07) is 0. The first-order valence-corrected chi connectivity index (χ1v) is 15.4. The first-order valence-electron chi connectivity index (χ1n) is 12.4. The van der Waals surface area contributed by atoms with Crippen LogP contribution in [0.5, 0.6) is 0 Å². The predicted octanol–water partition coefficient (Wildman–Crippen LogP) is -1.09. The number of phosphoric ester groups is 2. The Kier molecular flexibility index (Phi) is 9.71. The van der Waals surface area contributed by atoms with Gasteiger partial charge in [0.1, 0.15) is 30.8 Å². The van der Waals surface area contributed by atoms with Crippen LogP contribution in [-0.4, -0.2) is 78.9 Å². The zero-order valence-electron chi connectivity index (χ0n) is 22.5. The topological polar surface area (TPSA) is 260 Å². The van der Waals surface area contributed by atoms with E-state index in [1.54, 1.807) is 0 Å². The Morgan fingerprint density at radius 1 is 0.952 bits per heavy atom. The summed E-state index contributed by atoms with van der Waals surface area (Å²) in [6.07, 6.45) is -4.94. The molecule has 4 heterocycles. The molecule has 5 N–H and O–H groups in total. The van der Waals surface area contributed by atoms with Crippen LogP contribution in [0.1, 0.15) is 36.4 Å². The van der Waals surface area contributed by atoms with Crippen molar-refractivity contribution in [1.29, 1.82) is 0 Å². The average Bonchev–Trinajstić information content (AvgIpc) is 3.49. The van der Waals surface area contributed by atoms with Gasteiger partial charge in [0.05, 0.1) is 19.3 Å². The summed E-state index contributed by atoms with van der Waals surface area (Å²) in [4.78, 5) is 62.1. The van der Waals surface area contributed by atoms with E-state index in [0.717, 1.165) is 16.2 Å². The second-order valence-electron chi connectivity index (χ2n) is 9.56. The third-order valence-electron chi connectivity index (χ3n) is 6.57. The largest absolute Gasteiger partial charge is 0.483 e. The number of aryl methyl sites for hydroxylation is 2. The van der Waals surface area contributed by atoms with E-state index in [2.05, 4.69) is 9.97 Å². The Bertz CT molecular complexity index is 1630. The van der Waals surface area contributed by atoms with E-state index in [-0.39, 0.29) is 24.0 Å². The zero-order chi connectivity index (χ0) is 31.0. The molecule has 2 unspecified atom stereocenters. The second kappa shape index (κ2) is 12.6. The number of aliphatic hydroxyl groups is 2. The minimum Gasteiger partial charge on any atom is -0.394 e. The van der Waals surface area contributed by atoms with Crippen LogP contribution in [0.2, 0.25) is 0 Å². The minimum absolute atomic E-state index is 0.126. The Morgan fingerprint density at radius 3 is 2.00 bits per heavy atom. The number of ether oxygens (including phenoxy) is 2. The Morgan fingerprint density at radius 2 is 1.48 bits per heavy atom. The van der Waals surface area contributed by atoms with Crippen LogP contribution in [0.25, 0.3) is 0 Å². The molecule has 2 aliphatic rings. The molecule has 0 amide bonds. The number of rotatable bonds is 11. The normalized spacial score (nSPS) is 28.9. The molecule has 0 aliphatic carbocycles. The standard InChI is InChI=1S/C21H30N4O15P2/c1-10-6-24(20(30)22-18(10)28)16-4-12(27)15(38-16)9-36-41(32,33)40-42(34,35-3)39-13-5-17(37-14(13)8-26)25-7-11(2)19(29)23-21(25)31/h6-7,12-17,26-27H,4-5,8-9H2,1-3H3,(H,32,33)(H,22,28,30)(H,23,29,31)/t12-,13-,14+,15+,16+,17+,42?/m0/s1. The number of aromatic nitrogens is 4. The lowest BCUT2D eigenvalue weighted by Crippen LogP contribution is -2.33. The molecular weight excluding hydrogens is 610 g/mol. The van der Waals surface area contributed by atoms with Crippen LogP contribution in [0.15, 0.2) is 31.6 Å².